The standard InChI is InChI=1S/C25H23N3O2/c1-18-8-7-11-19(16-18)14-15-26-24(29)23-21-12-5-6-13-22(21)25(30)28(27-23)17-20-9-3-2-4-10-20/h2-13,16H,14-15,17H2,1H3,(H,26,29). The third kappa shape index (κ3) is 4.30. The highest BCUT2D eigenvalue weighted by Crippen LogP contribution is 2.14. The summed E-state index contributed by atoms with van der Waals surface area (Å²) in [4.78, 5) is 25.9. The Balaban J connectivity index is 1.61. The monoisotopic (exact) mass is 397 g/mol. The molecule has 1 aromatic heterocycles. The molecule has 5 nitrogen and oxygen atoms in total. The van der Waals surface area contributed by atoms with Crippen molar-refractivity contribution < 1.29 is 4.79 Å². The van der Waals surface area contributed by atoms with Gasteiger partial charge in [-0.05, 0) is 30.5 Å². The predicted octanol–water partition coefficient (Wildman–Crippen LogP) is 3.73. The molecule has 1 amide bonds. The summed E-state index contributed by atoms with van der Waals surface area (Å²) in [7, 11) is 0. The van der Waals surface area contributed by atoms with E-state index in [0.29, 0.717) is 23.9 Å². The summed E-state index contributed by atoms with van der Waals surface area (Å²) in [6.45, 7) is 2.86. The lowest BCUT2D eigenvalue weighted by Gasteiger charge is -2.12. The molecule has 0 aliphatic heterocycles. The van der Waals surface area contributed by atoms with Gasteiger partial charge in [-0.1, -0.05) is 78.4 Å². The highest BCUT2D eigenvalue weighted by atomic mass is 16.2. The summed E-state index contributed by atoms with van der Waals surface area (Å²) in [5, 5.41) is 8.44. The normalized spacial score (nSPS) is 10.8. The van der Waals surface area contributed by atoms with Gasteiger partial charge in [0.15, 0.2) is 5.69 Å². The highest BCUT2D eigenvalue weighted by molar-refractivity contribution is 6.04. The fourth-order valence-electron chi connectivity index (χ4n) is 3.54. The molecule has 1 N–H and O–H groups in total. The molecule has 0 aliphatic carbocycles. The number of hydrogen-bond donors (Lipinski definition) is 1. The minimum absolute atomic E-state index is 0.203. The summed E-state index contributed by atoms with van der Waals surface area (Å²) < 4.78 is 1.37. The Bertz CT molecular complexity index is 1250. The summed E-state index contributed by atoms with van der Waals surface area (Å²) in [5.74, 6) is -0.277. The van der Waals surface area contributed by atoms with E-state index >= 15 is 0 Å². The summed E-state index contributed by atoms with van der Waals surface area (Å²) in [6.07, 6.45) is 0.731. The third-order valence-corrected chi connectivity index (χ3v) is 5.04. The van der Waals surface area contributed by atoms with Crippen LogP contribution in [-0.4, -0.2) is 22.2 Å². The number of aryl methyl sites for hydroxylation is 1. The Morgan fingerprint density at radius 1 is 0.900 bits per heavy atom. The van der Waals surface area contributed by atoms with Gasteiger partial charge in [0, 0.05) is 11.9 Å². The second kappa shape index (κ2) is 8.74. The Morgan fingerprint density at radius 3 is 2.37 bits per heavy atom. The second-order valence-electron chi connectivity index (χ2n) is 7.34. The van der Waals surface area contributed by atoms with Crippen molar-refractivity contribution in [3.05, 3.63) is 112 Å². The summed E-state index contributed by atoms with van der Waals surface area (Å²) in [5.41, 5.74) is 3.38. The van der Waals surface area contributed by atoms with Crippen molar-refractivity contribution in [1.82, 2.24) is 15.1 Å². The molecule has 0 saturated heterocycles. The number of hydrogen-bond acceptors (Lipinski definition) is 3. The molecule has 0 aliphatic rings. The summed E-state index contributed by atoms with van der Waals surface area (Å²) in [6, 6.07) is 25.0. The van der Waals surface area contributed by atoms with Crippen molar-refractivity contribution in [2.75, 3.05) is 6.54 Å². The van der Waals surface area contributed by atoms with Gasteiger partial charge in [0.1, 0.15) is 0 Å². The van der Waals surface area contributed by atoms with Crippen LogP contribution in [0.15, 0.2) is 83.7 Å². The van der Waals surface area contributed by atoms with Gasteiger partial charge in [-0.3, -0.25) is 9.59 Å². The van der Waals surface area contributed by atoms with Crippen LogP contribution >= 0.6 is 0 Å². The maximum absolute atomic E-state index is 12.9. The Hall–Kier alpha value is -3.73. The van der Waals surface area contributed by atoms with Gasteiger partial charge in [0.05, 0.1) is 11.9 Å². The molecule has 1 heterocycles. The maximum atomic E-state index is 12.9. The molecule has 0 radical (unpaired) electrons. The minimum atomic E-state index is -0.277. The molecule has 0 atom stereocenters. The minimum Gasteiger partial charge on any atom is -0.350 e. The van der Waals surface area contributed by atoms with Gasteiger partial charge in [0.25, 0.3) is 11.5 Å². The van der Waals surface area contributed by atoms with Gasteiger partial charge in [-0.25, -0.2) is 4.68 Å². The van der Waals surface area contributed by atoms with Crippen LogP contribution in [0.5, 0.6) is 0 Å². The molecule has 5 heteroatoms. The molecule has 4 aromatic rings. The van der Waals surface area contributed by atoms with Crippen molar-refractivity contribution >= 4 is 16.7 Å². The van der Waals surface area contributed by atoms with Gasteiger partial charge < -0.3 is 5.32 Å². The van der Waals surface area contributed by atoms with Crippen LogP contribution in [0.3, 0.4) is 0 Å². The topological polar surface area (TPSA) is 64.0 Å². The van der Waals surface area contributed by atoms with Crippen LogP contribution in [0.1, 0.15) is 27.2 Å². The van der Waals surface area contributed by atoms with Crippen molar-refractivity contribution in [3.63, 3.8) is 0 Å². The van der Waals surface area contributed by atoms with Crippen LogP contribution in [0.2, 0.25) is 0 Å². The third-order valence-electron chi connectivity index (χ3n) is 5.04. The molecular weight excluding hydrogens is 374 g/mol. The summed E-state index contributed by atoms with van der Waals surface area (Å²) >= 11 is 0. The van der Waals surface area contributed by atoms with Crippen molar-refractivity contribution in [3.8, 4) is 0 Å². The molecule has 0 fully saturated rings. The van der Waals surface area contributed by atoms with Gasteiger partial charge >= 0.3 is 0 Å². The van der Waals surface area contributed by atoms with Gasteiger partial charge in [0.2, 0.25) is 0 Å². The number of benzene rings is 3. The van der Waals surface area contributed by atoms with E-state index in [4.69, 9.17) is 0 Å². The first-order valence-electron chi connectivity index (χ1n) is 9.99. The number of aromatic nitrogens is 2. The van der Waals surface area contributed by atoms with Crippen LogP contribution in [0.4, 0.5) is 0 Å². The van der Waals surface area contributed by atoms with E-state index in [1.807, 2.05) is 61.5 Å². The van der Waals surface area contributed by atoms with Crippen molar-refractivity contribution in [2.24, 2.45) is 0 Å². The SMILES string of the molecule is Cc1cccc(CCNC(=O)c2nn(Cc3ccccc3)c(=O)c3ccccc23)c1. The van der Waals surface area contributed by atoms with E-state index < -0.39 is 0 Å². The maximum Gasteiger partial charge on any atom is 0.274 e. The smallest absolute Gasteiger partial charge is 0.274 e. The Kier molecular flexibility index (Phi) is 5.70. The van der Waals surface area contributed by atoms with E-state index in [0.717, 1.165) is 12.0 Å². The van der Waals surface area contributed by atoms with E-state index in [1.165, 1.54) is 15.8 Å². The highest BCUT2D eigenvalue weighted by Gasteiger charge is 2.16. The zero-order valence-corrected chi connectivity index (χ0v) is 16.8. The van der Waals surface area contributed by atoms with Crippen LogP contribution in [-0.2, 0) is 13.0 Å². The fraction of sp³-hybridized carbons (Fsp3) is 0.160. The van der Waals surface area contributed by atoms with E-state index in [2.05, 4.69) is 16.5 Å². The lowest BCUT2D eigenvalue weighted by atomic mass is 10.1. The molecule has 0 bridgehead atoms. The molecule has 3 aromatic carbocycles. The fourth-order valence-corrected chi connectivity index (χ4v) is 3.54. The van der Waals surface area contributed by atoms with Crippen LogP contribution in [0.25, 0.3) is 10.8 Å². The average molecular weight is 397 g/mol. The lowest BCUT2D eigenvalue weighted by Crippen LogP contribution is -2.32. The largest absolute Gasteiger partial charge is 0.350 e. The van der Waals surface area contributed by atoms with E-state index in [1.54, 1.807) is 18.2 Å². The quantitative estimate of drug-likeness (QED) is 0.539. The van der Waals surface area contributed by atoms with E-state index in [9.17, 15) is 9.59 Å². The number of fused-ring (bicyclic) bond motifs is 1. The molecule has 30 heavy (non-hydrogen) atoms. The first-order valence-corrected chi connectivity index (χ1v) is 9.99. The zero-order chi connectivity index (χ0) is 20.9. The van der Waals surface area contributed by atoms with Crippen LogP contribution in [0, 0.1) is 6.92 Å². The number of carbonyl (C=O) groups is 1. The Labute approximate surface area is 175 Å². The number of nitrogens with one attached hydrogen (secondary N) is 1. The molecule has 0 spiro atoms. The predicted molar refractivity (Wildman–Crippen MR) is 119 cm³/mol. The number of nitrogens with zero attached hydrogens (tertiary/aromatic N) is 2. The lowest BCUT2D eigenvalue weighted by molar-refractivity contribution is 0.0948. The molecule has 150 valence electrons. The molecule has 4 rings (SSSR count). The average Bonchev–Trinajstić information content (AvgIpc) is 2.76. The number of rotatable bonds is 6. The Morgan fingerprint density at radius 2 is 1.60 bits per heavy atom. The van der Waals surface area contributed by atoms with E-state index in [-0.39, 0.29) is 17.2 Å². The number of amides is 1. The zero-order valence-electron chi connectivity index (χ0n) is 16.8. The first-order chi connectivity index (χ1) is 14.6. The van der Waals surface area contributed by atoms with Gasteiger partial charge in [-0.15, -0.1) is 0 Å². The first kappa shape index (κ1) is 19.6. The molecular formula is C25H23N3O2. The second-order valence-corrected chi connectivity index (χ2v) is 7.34. The van der Waals surface area contributed by atoms with Crippen LogP contribution < -0.4 is 10.9 Å². The van der Waals surface area contributed by atoms with Crippen molar-refractivity contribution in [2.45, 2.75) is 19.9 Å². The molecule has 0 saturated carbocycles. The number of carbonyl (C=O) groups excluding carboxylic acids is 1. The molecule has 0 unspecified atom stereocenters. The van der Waals surface area contributed by atoms with Crippen molar-refractivity contribution in [1.29, 1.82) is 0 Å². The van der Waals surface area contributed by atoms with Gasteiger partial charge in [-0.2, -0.15) is 5.10 Å².